The van der Waals surface area contributed by atoms with Gasteiger partial charge in [-0.2, -0.15) is 4.98 Å². The monoisotopic (exact) mass is 279 g/mol. The van der Waals surface area contributed by atoms with Crippen molar-refractivity contribution in [3.63, 3.8) is 0 Å². The topological polar surface area (TPSA) is 137 Å². The zero-order chi connectivity index (χ0) is 14.3. The van der Waals surface area contributed by atoms with Crippen molar-refractivity contribution < 1.29 is 9.45 Å². The van der Waals surface area contributed by atoms with Gasteiger partial charge in [0.05, 0.1) is 17.7 Å². The summed E-state index contributed by atoms with van der Waals surface area (Å²) >= 11 is 0. The van der Waals surface area contributed by atoms with Crippen LogP contribution in [0.2, 0.25) is 0 Å². The Kier molecular flexibility index (Phi) is 2.70. The number of hydrogen-bond donors (Lipinski definition) is 1. The second-order valence-electron chi connectivity index (χ2n) is 4.48. The third-order valence-corrected chi connectivity index (χ3v) is 2.91. The lowest BCUT2D eigenvalue weighted by Gasteiger charge is -2.00. The van der Waals surface area contributed by atoms with Gasteiger partial charge in [-0.15, -0.1) is 0 Å². The van der Waals surface area contributed by atoms with E-state index >= 15 is 0 Å². The highest BCUT2D eigenvalue weighted by Crippen LogP contribution is 2.38. The predicted octanol–water partition coefficient (Wildman–Crippen LogP) is -0.247. The fourth-order valence-corrected chi connectivity index (χ4v) is 1.73. The normalized spacial score (nSPS) is 14.4. The van der Waals surface area contributed by atoms with Crippen LogP contribution in [0.4, 0.5) is 5.69 Å². The minimum atomic E-state index is -1.04. The number of H-pyrrole nitrogens is 1. The molecule has 1 aliphatic rings. The Balaban J connectivity index is 1.92. The first-order valence-corrected chi connectivity index (χ1v) is 5.85. The van der Waals surface area contributed by atoms with E-state index in [-0.39, 0.29) is 18.3 Å². The standard InChI is InChI=1S/C10H9N5O5/c16-8-6(15(18)19)3-14(10(17)12-8)4-7-11-9(20-13-7)5-1-2-5/h3,5H,1-2,4H2,(H,12,16,17). The maximum atomic E-state index is 11.6. The summed E-state index contributed by atoms with van der Waals surface area (Å²) < 4.78 is 5.98. The first-order chi connectivity index (χ1) is 9.54. The zero-order valence-corrected chi connectivity index (χ0v) is 10.1. The van der Waals surface area contributed by atoms with Crippen LogP contribution in [0.3, 0.4) is 0 Å². The predicted molar refractivity (Wildman–Crippen MR) is 63.4 cm³/mol. The maximum absolute atomic E-state index is 11.6. The largest absolute Gasteiger partial charge is 0.350 e. The van der Waals surface area contributed by atoms with E-state index in [2.05, 4.69) is 10.1 Å². The van der Waals surface area contributed by atoms with Crippen molar-refractivity contribution in [2.75, 3.05) is 0 Å². The van der Waals surface area contributed by atoms with Gasteiger partial charge >= 0.3 is 16.9 Å². The molecule has 1 saturated carbocycles. The van der Waals surface area contributed by atoms with Crippen molar-refractivity contribution in [1.82, 2.24) is 19.7 Å². The summed E-state index contributed by atoms with van der Waals surface area (Å²) in [7, 11) is 0. The molecule has 20 heavy (non-hydrogen) atoms. The van der Waals surface area contributed by atoms with Gasteiger partial charge in [0.15, 0.2) is 5.82 Å². The highest BCUT2D eigenvalue weighted by molar-refractivity contribution is 5.21. The van der Waals surface area contributed by atoms with E-state index in [9.17, 15) is 19.7 Å². The van der Waals surface area contributed by atoms with Crippen LogP contribution in [0.25, 0.3) is 0 Å². The second kappa shape index (κ2) is 4.40. The molecule has 10 nitrogen and oxygen atoms in total. The molecular weight excluding hydrogens is 270 g/mol. The molecule has 0 aliphatic heterocycles. The summed E-state index contributed by atoms with van der Waals surface area (Å²) in [6.07, 6.45) is 2.85. The van der Waals surface area contributed by atoms with Gasteiger partial charge in [-0.3, -0.25) is 24.5 Å². The number of aromatic amines is 1. The van der Waals surface area contributed by atoms with Crippen LogP contribution in [0.15, 0.2) is 20.3 Å². The molecular formula is C10H9N5O5. The Hall–Kier alpha value is -2.78. The summed E-state index contributed by atoms with van der Waals surface area (Å²) in [4.78, 5) is 38.6. The summed E-state index contributed by atoms with van der Waals surface area (Å²) in [6, 6.07) is 0. The Morgan fingerprint density at radius 1 is 1.50 bits per heavy atom. The molecule has 2 aromatic rings. The number of nitro groups is 1. The SMILES string of the molecule is O=c1[nH]c(=O)n(Cc2noc(C3CC3)n2)cc1[N+](=O)[O-]. The number of nitrogens with zero attached hydrogens (tertiary/aromatic N) is 4. The Bertz CT molecular complexity index is 784. The van der Waals surface area contributed by atoms with Gasteiger partial charge in [-0.05, 0) is 12.8 Å². The molecule has 3 rings (SSSR count). The summed E-state index contributed by atoms with van der Waals surface area (Å²) in [5, 5.41) is 14.4. The molecule has 1 N–H and O–H groups in total. The average Bonchev–Trinajstić information content (AvgIpc) is 3.13. The molecule has 2 heterocycles. The molecule has 1 fully saturated rings. The minimum Gasteiger partial charge on any atom is -0.339 e. The highest BCUT2D eigenvalue weighted by atomic mass is 16.6. The van der Waals surface area contributed by atoms with Gasteiger partial charge in [-0.25, -0.2) is 4.79 Å². The highest BCUT2D eigenvalue weighted by Gasteiger charge is 2.29. The van der Waals surface area contributed by atoms with E-state index in [1.807, 2.05) is 4.98 Å². The van der Waals surface area contributed by atoms with Gasteiger partial charge in [0.25, 0.3) is 0 Å². The van der Waals surface area contributed by atoms with Gasteiger partial charge in [0, 0.05) is 5.92 Å². The van der Waals surface area contributed by atoms with Gasteiger partial charge in [-0.1, -0.05) is 5.16 Å². The number of nitrogens with one attached hydrogen (secondary N) is 1. The quantitative estimate of drug-likeness (QED) is 0.601. The molecule has 0 atom stereocenters. The molecule has 0 amide bonds. The Labute approximate surface area is 110 Å². The molecule has 0 unspecified atom stereocenters. The Morgan fingerprint density at radius 2 is 2.25 bits per heavy atom. The van der Waals surface area contributed by atoms with Crippen molar-refractivity contribution >= 4 is 5.69 Å². The van der Waals surface area contributed by atoms with E-state index in [1.54, 1.807) is 0 Å². The van der Waals surface area contributed by atoms with Crippen LogP contribution in [0.5, 0.6) is 0 Å². The minimum absolute atomic E-state index is 0.104. The lowest BCUT2D eigenvalue weighted by atomic mass is 10.4. The van der Waals surface area contributed by atoms with Crippen molar-refractivity contribution in [3.05, 3.63) is 48.9 Å². The number of hydrogen-bond acceptors (Lipinski definition) is 7. The molecule has 1 aliphatic carbocycles. The number of rotatable bonds is 4. The third kappa shape index (κ3) is 2.22. The van der Waals surface area contributed by atoms with E-state index in [4.69, 9.17) is 4.52 Å². The Morgan fingerprint density at radius 3 is 2.90 bits per heavy atom. The zero-order valence-electron chi connectivity index (χ0n) is 10.1. The maximum Gasteiger partial charge on any atom is 0.350 e. The second-order valence-corrected chi connectivity index (χ2v) is 4.48. The van der Waals surface area contributed by atoms with Gasteiger partial charge in [0.2, 0.25) is 5.89 Å². The fraction of sp³-hybridized carbons (Fsp3) is 0.400. The van der Waals surface area contributed by atoms with Crippen LogP contribution < -0.4 is 11.2 Å². The molecule has 0 bridgehead atoms. The van der Waals surface area contributed by atoms with Crippen LogP contribution in [0.1, 0.15) is 30.5 Å². The van der Waals surface area contributed by atoms with Crippen molar-refractivity contribution in [3.8, 4) is 0 Å². The first-order valence-electron chi connectivity index (χ1n) is 5.85. The summed E-state index contributed by atoms with van der Waals surface area (Å²) in [6.45, 7) is -0.104. The van der Waals surface area contributed by atoms with E-state index < -0.39 is 21.9 Å². The molecule has 2 aromatic heterocycles. The van der Waals surface area contributed by atoms with Crippen LogP contribution in [0, 0.1) is 10.1 Å². The lowest BCUT2D eigenvalue weighted by molar-refractivity contribution is -0.386. The van der Waals surface area contributed by atoms with E-state index in [0.29, 0.717) is 5.89 Å². The summed E-state index contributed by atoms with van der Waals surface area (Å²) in [5.74, 6) is 1.01. The molecule has 0 saturated heterocycles. The molecule has 0 radical (unpaired) electrons. The van der Waals surface area contributed by atoms with E-state index in [1.165, 1.54) is 0 Å². The van der Waals surface area contributed by atoms with Crippen LogP contribution >= 0.6 is 0 Å². The van der Waals surface area contributed by atoms with Gasteiger partial charge < -0.3 is 4.52 Å². The molecule has 104 valence electrons. The van der Waals surface area contributed by atoms with Gasteiger partial charge in [0.1, 0.15) is 0 Å². The fourth-order valence-electron chi connectivity index (χ4n) is 1.73. The molecule has 10 heteroatoms. The molecule has 0 aromatic carbocycles. The average molecular weight is 279 g/mol. The van der Waals surface area contributed by atoms with Crippen molar-refractivity contribution in [2.45, 2.75) is 25.3 Å². The first kappa shape index (κ1) is 12.3. The van der Waals surface area contributed by atoms with Crippen LogP contribution in [-0.4, -0.2) is 24.6 Å². The van der Waals surface area contributed by atoms with Crippen molar-refractivity contribution in [1.29, 1.82) is 0 Å². The van der Waals surface area contributed by atoms with E-state index in [0.717, 1.165) is 23.6 Å². The van der Waals surface area contributed by atoms with Crippen LogP contribution in [-0.2, 0) is 6.54 Å². The number of aromatic nitrogens is 4. The van der Waals surface area contributed by atoms with Crippen molar-refractivity contribution in [2.24, 2.45) is 0 Å². The smallest absolute Gasteiger partial charge is 0.339 e. The molecule has 0 spiro atoms. The lowest BCUT2D eigenvalue weighted by Crippen LogP contribution is -2.31. The summed E-state index contributed by atoms with van der Waals surface area (Å²) in [5.41, 5.74) is -2.52. The third-order valence-electron chi connectivity index (χ3n) is 2.91.